The average Bonchev–Trinajstić information content (AvgIpc) is 2.40. The molecule has 5 nitrogen and oxygen atoms in total. The molecule has 1 saturated heterocycles. The summed E-state index contributed by atoms with van der Waals surface area (Å²) in [7, 11) is 0. The Labute approximate surface area is 114 Å². The maximum Gasteiger partial charge on any atom is 0.309 e. The quantitative estimate of drug-likeness (QED) is 0.538. The first-order valence-corrected chi connectivity index (χ1v) is 6.88. The van der Waals surface area contributed by atoms with Crippen LogP contribution < -0.4 is 5.32 Å². The van der Waals surface area contributed by atoms with Crippen LogP contribution in [0.5, 0.6) is 0 Å². The molecule has 1 aliphatic rings. The second kappa shape index (κ2) is 7.28. The van der Waals surface area contributed by atoms with Crippen molar-refractivity contribution in [2.75, 3.05) is 26.2 Å². The summed E-state index contributed by atoms with van der Waals surface area (Å²) in [5, 5.41) is 12.4. The fourth-order valence-electron chi connectivity index (χ4n) is 2.63. The van der Waals surface area contributed by atoms with Gasteiger partial charge in [0, 0.05) is 19.6 Å². The van der Waals surface area contributed by atoms with Gasteiger partial charge in [-0.1, -0.05) is 19.4 Å². The number of hydrogen-bond acceptors (Lipinski definition) is 3. The monoisotopic (exact) mass is 268 g/mol. The highest BCUT2D eigenvalue weighted by atomic mass is 16.4. The average molecular weight is 268 g/mol. The van der Waals surface area contributed by atoms with E-state index in [1.165, 1.54) is 0 Å². The van der Waals surface area contributed by atoms with E-state index in [1.54, 1.807) is 11.0 Å². The fourth-order valence-corrected chi connectivity index (χ4v) is 2.63. The van der Waals surface area contributed by atoms with Crippen molar-refractivity contribution in [1.82, 2.24) is 10.2 Å². The van der Waals surface area contributed by atoms with Crippen LogP contribution in [0.2, 0.25) is 0 Å². The second-order valence-corrected chi connectivity index (χ2v) is 5.14. The van der Waals surface area contributed by atoms with Crippen molar-refractivity contribution < 1.29 is 14.7 Å². The third-order valence-corrected chi connectivity index (χ3v) is 3.82. The third-order valence-electron chi connectivity index (χ3n) is 3.82. The van der Waals surface area contributed by atoms with Crippen molar-refractivity contribution in [3.63, 3.8) is 0 Å². The highest BCUT2D eigenvalue weighted by Gasteiger charge is 2.41. The van der Waals surface area contributed by atoms with Gasteiger partial charge >= 0.3 is 5.97 Å². The Hall–Kier alpha value is -1.36. The summed E-state index contributed by atoms with van der Waals surface area (Å²) in [6.07, 6.45) is 4.38. The molecule has 0 spiro atoms. The summed E-state index contributed by atoms with van der Waals surface area (Å²) in [6, 6.07) is 0. The minimum atomic E-state index is -0.716. The largest absolute Gasteiger partial charge is 0.481 e. The number of hydrogen-bond donors (Lipinski definition) is 2. The van der Waals surface area contributed by atoms with E-state index in [-0.39, 0.29) is 5.91 Å². The number of carbonyl (C=O) groups excluding carboxylic acids is 1. The van der Waals surface area contributed by atoms with Gasteiger partial charge in [0.15, 0.2) is 0 Å². The van der Waals surface area contributed by atoms with Crippen molar-refractivity contribution in [1.29, 1.82) is 0 Å². The van der Waals surface area contributed by atoms with Gasteiger partial charge in [0.1, 0.15) is 0 Å². The molecule has 1 fully saturated rings. The van der Waals surface area contributed by atoms with Crippen LogP contribution in [0.15, 0.2) is 12.7 Å². The number of carboxylic acids is 1. The second-order valence-electron chi connectivity index (χ2n) is 5.14. The van der Waals surface area contributed by atoms with Crippen molar-refractivity contribution in [2.45, 2.75) is 32.6 Å². The standard InChI is InChI=1S/C14H24N2O3/c1-3-5-14(13(18)19)6-9-16(10-7-14)12(17)11-15-8-4-2/h4,15H,2-3,5-11H2,1H3,(H,18,19). The summed E-state index contributed by atoms with van der Waals surface area (Å²) in [5.74, 6) is -0.677. The molecule has 0 aromatic carbocycles. The Bertz CT molecular complexity index is 334. The van der Waals surface area contributed by atoms with E-state index in [1.807, 2.05) is 6.92 Å². The van der Waals surface area contributed by atoms with E-state index >= 15 is 0 Å². The van der Waals surface area contributed by atoms with Crippen LogP contribution in [0.1, 0.15) is 32.6 Å². The predicted molar refractivity (Wildman–Crippen MR) is 73.9 cm³/mol. The van der Waals surface area contributed by atoms with Crippen LogP contribution in [-0.4, -0.2) is 48.1 Å². The van der Waals surface area contributed by atoms with Gasteiger partial charge in [-0.2, -0.15) is 0 Å². The molecular formula is C14H24N2O3. The number of nitrogens with zero attached hydrogens (tertiary/aromatic N) is 1. The Kier molecular flexibility index (Phi) is 6.02. The highest BCUT2D eigenvalue weighted by molar-refractivity contribution is 5.79. The molecule has 5 heteroatoms. The smallest absolute Gasteiger partial charge is 0.309 e. The third kappa shape index (κ3) is 4.06. The molecule has 0 unspecified atom stereocenters. The first-order valence-electron chi connectivity index (χ1n) is 6.88. The lowest BCUT2D eigenvalue weighted by molar-refractivity contribution is -0.154. The van der Waals surface area contributed by atoms with Crippen molar-refractivity contribution >= 4 is 11.9 Å². The molecule has 0 radical (unpaired) electrons. The molecule has 19 heavy (non-hydrogen) atoms. The highest BCUT2D eigenvalue weighted by Crippen LogP contribution is 2.36. The van der Waals surface area contributed by atoms with E-state index in [2.05, 4.69) is 11.9 Å². The molecule has 1 aliphatic heterocycles. The Morgan fingerprint density at radius 1 is 1.42 bits per heavy atom. The number of nitrogens with one attached hydrogen (secondary N) is 1. The van der Waals surface area contributed by atoms with E-state index in [0.29, 0.717) is 45.4 Å². The van der Waals surface area contributed by atoms with E-state index in [4.69, 9.17) is 0 Å². The molecule has 0 aromatic rings. The van der Waals surface area contributed by atoms with Crippen LogP contribution in [-0.2, 0) is 9.59 Å². The van der Waals surface area contributed by atoms with Gasteiger partial charge in [-0.05, 0) is 19.3 Å². The number of carbonyl (C=O) groups is 2. The molecule has 0 aliphatic carbocycles. The van der Waals surface area contributed by atoms with Crippen molar-refractivity contribution in [3.05, 3.63) is 12.7 Å². The van der Waals surface area contributed by atoms with Gasteiger partial charge < -0.3 is 15.3 Å². The number of aliphatic carboxylic acids is 1. The zero-order chi connectivity index (χ0) is 14.3. The SMILES string of the molecule is C=CCNCC(=O)N1CCC(CCC)(C(=O)O)CC1. The molecule has 108 valence electrons. The Morgan fingerprint density at radius 2 is 2.05 bits per heavy atom. The van der Waals surface area contributed by atoms with Crippen LogP contribution in [0.3, 0.4) is 0 Å². The van der Waals surface area contributed by atoms with Gasteiger partial charge in [-0.3, -0.25) is 9.59 Å². The molecule has 0 saturated carbocycles. The van der Waals surface area contributed by atoms with Crippen LogP contribution >= 0.6 is 0 Å². The first kappa shape index (κ1) is 15.7. The molecule has 0 atom stereocenters. The van der Waals surface area contributed by atoms with Gasteiger partial charge in [-0.15, -0.1) is 6.58 Å². The topological polar surface area (TPSA) is 69.6 Å². The Balaban J connectivity index is 2.48. The van der Waals surface area contributed by atoms with E-state index < -0.39 is 11.4 Å². The van der Waals surface area contributed by atoms with Gasteiger partial charge in [0.05, 0.1) is 12.0 Å². The maximum absolute atomic E-state index is 11.9. The lowest BCUT2D eigenvalue weighted by Crippen LogP contribution is -2.48. The fraction of sp³-hybridized carbons (Fsp3) is 0.714. The predicted octanol–water partition coefficient (Wildman–Crippen LogP) is 1.26. The molecule has 0 aromatic heterocycles. The van der Waals surface area contributed by atoms with E-state index in [0.717, 1.165) is 6.42 Å². The van der Waals surface area contributed by atoms with Gasteiger partial charge in [0.2, 0.25) is 5.91 Å². The zero-order valence-electron chi connectivity index (χ0n) is 11.7. The van der Waals surface area contributed by atoms with Crippen LogP contribution in [0, 0.1) is 5.41 Å². The van der Waals surface area contributed by atoms with Crippen LogP contribution in [0.4, 0.5) is 0 Å². The molecule has 1 heterocycles. The van der Waals surface area contributed by atoms with E-state index in [9.17, 15) is 14.7 Å². The number of piperidine rings is 1. The molecule has 0 bridgehead atoms. The molecule has 1 rings (SSSR count). The van der Waals surface area contributed by atoms with Crippen molar-refractivity contribution in [3.8, 4) is 0 Å². The maximum atomic E-state index is 11.9. The zero-order valence-corrected chi connectivity index (χ0v) is 11.7. The summed E-state index contributed by atoms with van der Waals surface area (Å²) in [4.78, 5) is 25.1. The van der Waals surface area contributed by atoms with Gasteiger partial charge in [0.25, 0.3) is 0 Å². The minimum absolute atomic E-state index is 0.0392. The normalized spacial score (nSPS) is 18.1. The molecule has 1 amide bonds. The first-order chi connectivity index (χ1) is 9.05. The molecular weight excluding hydrogens is 244 g/mol. The van der Waals surface area contributed by atoms with Crippen LogP contribution in [0.25, 0.3) is 0 Å². The van der Waals surface area contributed by atoms with Crippen molar-refractivity contribution in [2.24, 2.45) is 5.41 Å². The van der Waals surface area contributed by atoms with Gasteiger partial charge in [-0.25, -0.2) is 0 Å². The number of rotatable bonds is 7. The molecule has 2 N–H and O–H groups in total. The number of carboxylic acid groups (broad SMARTS) is 1. The minimum Gasteiger partial charge on any atom is -0.481 e. The summed E-state index contributed by atoms with van der Waals surface area (Å²) in [5.41, 5.74) is -0.625. The number of amides is 1. The lowest BCUT2D eigenvalue weighted by Gasteiger charge is -2.38. The number of likely N-dealkylation sites (tertiary alicyclic amines) is 1. The lowest BCUT2D eigenvalue weighted by atomic mass is 9.75. The summed E-state index contributed by atoms with van der Waals surface area (Å²) >= 11 is 0. The Morgan fingerprint density at radius 3 is 2.53 bits per heavy atom. The summed E-state index contributed by atoms with van der Waals surface area (Å²) in [6.45, 7) is 7.56. The summed E-state index contributed by atoms with van der Waals surface area (Å²) < 4.78 is 0.